The van der Waals surface area contributed by atoms with Crippen molar-refractivity contribution >= 4 is 44.1 Å². The smallest absolute Gasteiger partial charge is 0.254 e. The van der Waals surface area contributed by atoms with E-state index in [4.69, 9.17) is 0 Å². The van der Waals surface area contributed by atoms with Crippen molar-refractivity contribution in [2.24, 2.45) is 0 Å². The summed E-state index contributed by atoms with van der Waals surface area (Å²) in [6, 6.07) is 13.6. The summed E-state index contributed by atoms with van der Waals surface area (Å²) in [4.78, 5) is 20.2. The third kappa shape index (κ3) is 3.05. The van der Waals surface area contributed by atoms with Crippen LogP contribution in [0.5, 0.6) is 0 Å². The summed E-state index contributed by atoms with van der Waals surface area (Å²) in [6.07, 6.45) is 1.75. The number of carbonyl (C=O) groups excluding carboxylic acids is 1. The molecule has 3 rings (SSSR count). The minimum atomic E-state index is 0.0469. The fraction of sp³-hybridized carbons (Fsp3) is 0.176. The zero-order valence-electron chi connectivity index (χ0n) is 12.1. The molecule has 2 aromatic heterocycles. The number of halogens is 1. The van der Waals surface area contributed by atoms with Crippen LogP contribution in [0, 0.1) is 0 Å². The quantitative estimate of drug-likeness (QED) is 0.661. The van der Waals surface area contributed by atoms with E-state index in [0.717, 1.165) is 14.7 Å². The second-order valence-corrected chi connectivity index (χ2v) is 7.45. The first-order chi connectivity index (χ1) is 10.7. The van der Waals surface area contributed by atoms with Crippen molar-refractivity contribution < 1.29 is 4.79 Å². The Morgan fingerprint density at radius 2 is 2.09 bits per heavy atom. The summed E-state index contributed by atoms with van der Waals surface area (Å²) in [5, 5.41) is 0.904. The molecule has 22 heavy (non-hydrogen) atoms. The van der Waals surface area contributed by atoms with Gasteiger partial charge >= 0.3 is 0 Å². The normalized spacial score (nSPS) is 10.8. The van der Waals surface area contributed by atoms with E-state index in [1.54, 1.807) is 17.5 Å². The van der Waals surface area contributed by atoms with E-state index in [9.17, 15) is 4.79 Å². The molecule has 5 heteroatoms. The first-order valence-electron chi connectivity index (χ1n) is 7.06. The fourth-order valence-electron chi connectivity index (χ4n) is 2.41. The lowest BCUT2D eigenvalue weighted by Crippen LogP contribution is -2.30. The van der Waals surface area contributed by atoms with Crippen LogP contribution in [0.15, 0.2) is 52.4 Å². The molecule has 1 aromatic carbocycles. The van der Waals surface area contributed by atoms with Gasteiger partial charge in [-0.05, 0) is 53.2 Å². The summed E-state index contributed by atoms with van der Waals surface area (Å²) in [5.74, 6) is 0.0469. The number of pyridine rings is 1. The molecule has 3 nitrogen and oxygen atoms in total. The average molecular weight is 375 g/mol. The molecule has 1 amide bonds. The number of aromatic nitrogens is 1. The van der Waals surface area contributed by atoms with Gasteiger partial charge in [0, 0.05) is 28.6 Å². The van der Waals surface area contributed by atoms with Gasteiger partial charge in [0.1, 0.15) is 0 Å². The lowest BCUT2D eigenvalue weighted by atomic mass is 10.1. The van der Waals surface area contributed by atoms with Crippen LogP contribution in [0.2, 0.25) is 0 Å². The predicted octanol–water partition coefficient (Wildman–Crippen LogP) is 4.72. The van der Waals surface area contributed by atoms with Crippen LogP contribution in [0.25, 0.3) is 10.9 Å². The molecule has 0 saturated heterocycles. The number of carbonyl (C=O) groups is 1. The Morgan fingerprint density at radius 1 is 1.23 bits per heavy atom. The lowest BCUT2D eigenvalue weighted by Gasteiger charge is -2.21. The molecular weight excluding hydrogens is 360 g/mol. The number of fused-ring (bicyclic) bond motifs is 1. The molecule has 3 aromatic rings. The molecule has 0 unspecified atom stereocenters. The fourth-order valence-corrected chi connectivity index (χ4v) is 3.91. The Hall–Kier alpha value is -1.72. The second kappa shape index (κ2) is 6.58. The van der Waals surface area contributed by atoms with Crippen molar-refractivity contribution in [3.05, 3.63) is 62.9 Å². The van der Waals surface area contributed by atoms with Gasteiger partial charge in [-0.1, -0.05) is 12.1 Å². The summed E-state index contributed by atoms with van der Waals surface area (Å²) in [6.45, 7) is 3.30. The third-order valence-corrected chi connectivity index (χ3v) is 5.13. The predicted molar refractivity (Wildman–Crippen MR) is 94.2 cm³/mol. The average Bonchev–Trinajstić information content (AvgIpc) is 2.96. The van der Waals surface area contributed by atoms with Crippen molar-refractivity contribution in [3.8, 4) is 0 Å². The Labute approximate surface area is 141 Å². The Bertz CT molecular complexity index is 810. The van der Waals surface area contributed by atoms with E-state index < -0.39 is 0 Å². The highest BCUT2D eigenvalue weighted by molar-refractivity contribution is 9.11. The number of amides is 1. The SMILES string of the molecule is CCN(Cc1ccc(Br)s1)C(=O)c1cccc2ncccc12. The molecule has 0 bridgehead atoms. The van der Waals surface area contributed by atoms with Crippen molar-refractivity contribution in [1.29, 1.82) is 0 Å². The van der Waals surface area contributed by atoms with Crippen molar-refractivity contribution in [3.63, 3.8) is 0 Å². The minimum absolute atomic E-state index is 0.0469. The van der Waals surface area contributed by atoms with Gasteiger partial charge < -0.3 is 4.90 Å². The second-order valence-electron chi connectivity index (χ2n) is 4.90. The van der Waals surface area contributed by atoms with Gasteiger partial charge in [-0.25, -0.2) is 0 Å². The van der Waals surface area contributed by atoms with Gasteiger partial charge in [0.15, 0.2) is 0 Å². The summed E-state index contributed by atoms with van der Waals surface area (Å²) in [5.41, 5.74) is 1.56. The van der Waals surface area contributed by atoms with Gasteiger partial charge in [0.25, 0.3) is 5.91 Å². The van der Waals surface area contributed by atoms with E-state index in [0.29, 0.717) is 18.7 Å². The molecular formula is C17H15BrN2OS. The number of benzene rings is 1. The molecule has 0 radical (unpaired) electrons. The van der Waals surface area contributed by atoms with Gasteiger partial charge in [0.2, 0.25) is 0 Å². The maximum atomic E-state index is 12.9. The highest BCUT2D eigenvalue weighted by atomic mass is 79.9. The van der Waals surface area contributed by atoms with Crippen molar-refractivity contribution in [1.82, 2.24) is 9.88 Å². The highest BCUT2D eigenvalue weighted by Crippen LogP contribution is 2.25. The minimum Gasteiger partial charge on any atom is -0.334 e. The molecule has 0 saturated carbocycles. The van der Waals surface area contributed by atoms with E-state index >= 15 is 0 Å². The van der Waals surface area contributed by atoms with Crippen LogP contribution in [-0.4, -0.2) is 22.3 Å². The van der Waals surface area contributed by atoms with E-state index in [1.165, 1.54) is 4.88 Å². The largest absolute Gasteiger partial charge is 0.334 e. The lowest BCUT2D eigenvalue weighted by molar-refractivity contribution is 0.0756. The van der Waals surface area contributed by atoms with Crippen LogP contribution >= 0.6 is 27.3 Å². The summed E-state index contributed by atoms with van der Waals surface area (Å²) >= 11 is 5.12. The molecule has 0 N–H and O–H groups in total. The molecule has 0 aliphatic heterocycles. The molecule has 0 fully saturated rings. The first-order valence-corrected chi connectivity index (χ1v) is 8.67. The van der Waals surface area contributed by atoms with E-state index in [2.05, 4.69) is 27.0 Å². The van der Waals surface area contributed by atoms with Gasteiger partial charge in [-0.2, -0.15) is 0 Å². The molecule has 112 valence electrons. The topological polar surface area (TPSA) is 33.2 Å². The number of thiophene rings is 1. The number of hydrogen-bond acceptors (Lipinski definition) is 3. The van der Waals surface area contributed by atoms with Crippen LogP contribution in [0.4, 0.5) is 0 Å². The molecule has 0 spiro atoms. The van der Waals surface area contributed by atoms with E-state index in [-0.39, 0.29) is 5.91 Å². The van der Waals surface area contributed by atoms with Gasteiger partial charge in [-0.3, -0.25) is 9.78 Å². The van der Waals surface area contributed by atoms with Crippen LogP contribution < -0.4 is 0 Å². The van der Waals surface area contributed by atoms with Crippen molar-refractivity contribution in [2.75, 3.05) is 6.54 Å². The Morgan fingerprint density at radius 3 is 2.82 bits per heavy atom. The molecule has 2 heterocycles. The molecule has 0 aliphatic carbocycles. The van der Waals surface area contributed by atoms with Crippen molar-refractivity contribution in [2.45, 2.75) is 13.5 Å². The van der Waals surface area contributed by atoms with Crippen LogP contribution in [0.1, 0.15) is 22.2 Å². The standard InChI is InChI=1S/C17H15BrN2OS/c1-2-20(11-12-8-9-16(18)22-12)17(21)14-5-3-7-15-13(14)6-4-10-19-15/h3-10H,2,11H2,1H3. The zero-order chi connectivity index (χ0) is 15.5. The monoisotopic (exact) mass is 374 g/mol. The first kappa shape index (κ1) is 15.2. The number of rotatable bonds is 4. The zero-order valence-corrected chi connectivity index (χ0v) is 14.5. The summed E-state index contributed by atoms with van der Waals surface area (Å²) in [7, 11) is 0. The molecule has 0 atom stereocenters. The van der Waals surface area contributed by atoms with Gasteiger partial charge in [0.05, 0.1) is 15.8 Å². The van der Waals surface area contributed by atoms with Crippen LogP contribution in [-0.2, 0) is 6.54 Å². The van der Waals surface area contributed by atoms with Crippen LogP contribution in [0.3, 0.4) is 0 Å². The van der Waals surface area contributed by atoms with Gasteiger partial charge in [-0.15, -0.1) is 11.3 Å². The Kier molecular flexibility index (Phi) is 4.55. The Balaban J connectivity index is 1.93. The third-order valence-electron chi connectivity index (χ3n) is 3.52. The number of hydrogen-bond donors (Lipinski definition) is 0. The summed E-state index contributed by atoms with van der Waals surface area (Å²) < 4.78 is 1.08. The maximum Gasteiger partial charge on any atom is 0.254 e. The van der Waals surface area contributed by atoms with E-state index in [1.807, 2.05) is 48.2 Å². The number of nitrogens with zero attached hydrogens (tertiary/aromatic N) is 2. The maximum absolute atomic E-state index is 12.9. The highest BCUT2D eigenvalue weighted by Gasteiger charge is 2.17. The molecule has 0 aliphatic rings.